The van der Waals surface area contributed by atoms with Crippen molar-refractivity contribution >= 4 is 17.3 Å². The Bertz CT molecular complexity index is 524. The van der Waals surface area contributed by atoms with E-state index in [1.54, 1.807) is 17.5 Å². The fraction of sp³-hybridized carbons (Fsp3) is 0.0909. The van der Waals surface area contributed by atoms with E-state index >= 15 is 0 Å². The summed E-state index contributed by atoms with van der Waals surface area (Å²) in [5.74, 6) is -1.24. The highest BCUT2D eigenvalue weighted by molar-refractivity contribution is 7.10. The summed E-state index contributed by atoms with van der Waals surface area (Å²) in [4.78, 5) is 14.6. The molecule has 5 heteroatoms. The van der Waals surface area contributed by atoms with Crippen molar-refractivity contribution in [2.24, 2.45) is 0 Å². The molecule has 0 saturated carbocycles. The standard InChI is InChI=1S/C11H8FNO2S/c12-8-3-1-2-7(4-8)9-6-16-10(13-9)5-11(14)15/h1-4,6H,5H2,(H,14,15). The predicted molar refractivity (Wildman–Crippen MR) is 58.8 cm³/mol. The minimum atomic E-state index is -0.917. The molecule has 0 unspecified atom stereocenters. The number of aromatic nitrogens is 1. The fourth-order valence-electron chi connectivity index (χ4n) is 1.30. The van der Waals surface area contributed by atoms with Crippen LogP contribution in [0, 0.1) is 5.82 Å². The number of carbonyl (C=O) groups is 1. The lowest BCUT2D eigenvalue weighted by Gasteiger charge is -1.95. The van der Waals surface area contributed by atoms with Gasteiger partial charge >= 0.3 is 5.97 Å². The maximum absolute atomic E-state index is 13.0. The molecule has 2 aromatic rings. The molecule has 2 rings (SSSR count). The van der Waals surface area contributed by atoms with E-state index in [9.17, 15) is 9.18 Å². The van der Waals surface area contributed by atoms with Gasteiger partial charge < -0.3 is 5.11 Å². The molecule has 82 valence electrons. The van der Waals surface area contributed by atoms with Crippen LogP contribution in [-0.4, -0.2) is 16.1 Å². The van der Waals surface area contributed by atoms with E-state index in [4.69, 9.17) is 5.11 Å². The van der Waals surface area contributed by atoms with Crippen molar-refractivity contribution in [3.63, 3.8) is 0 Å². The third-order valence-corrected chi connectivity index (χ3v) is 2.82. The Balaban J connectivity index is 2.28. The molecule has 0 atom stereocenters. The van der Waals surface area contributed by atoms with Gasteiger partial charge in [0.05, 0.1) is 12.1 Å². The number of hydrogen-bond donors (Lipinski definition) is 1. The largest absolute Gasteiger partial charge is 0.481 e. The molecule has 0 aliphatic rings. The van der Waals surface area contributed by atoms with Gasteiger partial charge in [0.1, 0.15) is 10.8 Å². The van der Waals surface area contributed by atoms with Gasteiger partial charge in [0, 0.05) is 10.9 Å². The van der Waals surface area contributed by atoms with E-state index in [-0.39, 0.29) is 12.2 Å². The van der Waals surface area contributed by atoms with Gasteiger partial charge in [-0.05, 0) is 12.1 Å². The van der Waals surface area contributed by atoms with Crippen molar-refractivity contribution < 1.29 is 14.3 Å². The molecule has 0 saturated heterocycles. The van der Waals surface area contributed by atoms with Gasteiger partial charge in [-0.25, -0.2) is 9.37 Å². The monoisotopic (exact) mass is 237 g/mol. The third kappa shape index (κ3) is 2.43. The zero-order valence-electron chi connectivity index (χ0n) is 8.18. The Kier molecular flexibility index (Phi) is 2.96. The molecule has 1 heterocycles. The van der Waals surface area contributed by atoms with Crippen LogP contribution in [0.3, 0.4) is 0 Å². The molecular weight excluding hydrogens is 229 g/mol. The molecule has 0 radical (unpaired) electrons. The van der Waals surface area contributed by atoms with Crippen LogP contribution in [-0.2, 0) is 11.2 Å². The van der Waals surface area contributed by atoms with Gasteiger partial charge in [0.15, 0.2) is 0 Å². The lowest BCUT2D eigenvalue weighted by Crippen LogP contribution is -1.99. The minimum Gasteiger partial charge on any atom is -0.481 e. The van der Waals surface area contributed by atoms with E-state index in [2.05, 4.69) is 4.98 Å². The first-order valence-corrected chi connectivity index (χ1v) is 5.45. The Hall–Kier alpha value is -1.75. The van der Waals surface area contributed by atoms with Crippen LogP contribution in [0.25, 0.3) is 11.3 Å². The van der Waals surface area contributed by atoms with Crippen LogP contribution >= 0.6 is 11.3 Å². The number of benzene rings is 1. The molecule has 0 amide bonds. The zero-order chi connectivity index (χ0) is 11.5. The molecule has 3 nitrogen and oxygen atoms in total. The minimum absolute atomic E-state index is 0.0972. The highest BCUT2D eigenvalue weighted by atomic mass is 32.1. The van der Waals surface area contributed by atoms with Gasteiger partial charge in [-0.2, -0.15) is 0 Å². The van der Waals surface area contributed by atoms with Crippen LogP contribution in [0.5, 0.6) is 0 Å². The van der Waals surface area contributed by atoms with Crippen LogP contribution < -0.4 is 0 Å². The molecule has 0 spiro atoms. The van der Waals surface area contributed by atoms with E-state index < -0.39 is 5.97 Å². The molecule has 0 fully saturated rings. The van der Waals surface area contributed by atoms with Crippen molar-refractivity contribution in [2.75, 3.05) is 0 Å². The normalized spacial score (nSPS) is 10.3. The molecule has 1 aromatic heterocycles. The highest BCUT2D eigenvalue weighted by Crippen LogP contribution is 2.22. The van der Waals surface area contributed by atoms with Gasteiger partial charge in [-0.3, -0.25) is 4.79 Å². The Morgan fingerprint density at radius 1 is 1.50 bits per heavy atom. The van der Waals surface area contributed by atoms with Crippen molar-refractivity contribution in [1.82, 2.24) is 4.98 Å². The molecule has 1 N–H and O–H groups in total. The zero-order valence-corrected chi connectivity index (χ0v) is 9.00. The van der Waals surface area contributed by atoms with Crippen molar-refractivity contribution in [1.29, 1.82) is 0 Å². The van der Waals surface area contributed by atoms with Crippen LogP contribution in [0.15, 0.2) is 29.6 Å². The first-order valence-electron chi connectivity index (χ1n) is 4.57. The Labute approximate surface area is 95.2 Å². The maximum Gasteiger partial charge on any atom is 0.310 e. The van der Waals surface area contributed by atoms with E-state index in [0.29, 0.717) is 16.3 Å². The average molecular weight is 237 g/mol. The lowest BCUT2D eigenvalue weighted by atomic mass is 10.2. The van der Waals surface area contributed by atoms with Crippen LogP contribution in [0.1, 0.15) is 5.01 Å². The summed E-state index contributed by atoms with van der Waals surface area (Å²) in [6.45, 7) is 0. The van der Waals surface area contributed by atoms with E-state index in [1.807, 2.05) is 0 Å². The molecular formula is C11H8FNO2S. The number of aliphatic carboxylic acids is 1. The second kappa shape index (κ2) is 4.40. The van der Waals surface area contributed by atoms with Crippen molar-refractivity contribution in [3.05, 3.63) is 40.5 Å². The summed E-state index contributed by atoms with van der Waals surface area (Å²) in [6.07, 6.45) is -0.0972. The quantitative estimate of drug-likeness (QED) is 0.892. The summed E-state index contributed by atoms with van der Waals surface area (Å²) < 4.78 is 13.0. The first-order chi connectivity index (χ1) is 7.65. The first kappa shape index (κ1) is 10.8. The summed E-state index contributed by atoms with van der Waals surface area (Å²) in [5.41, 5.74) is 1.27. The molecule has 0 aliphatic carbocycles. The second-order valence-electron chi connectivity index (χ2n) is 3.21. The number of carboxylic acid groups (broad SMARTS) is 1. The van der Waals surface area contributed by atoms with Gasteiger partial charge in [-0.15, -0.1) is 11.3 Å². The number of rotatable bonds is 3. The molecule has 0 bridgehead atoms. The lowest BCUT2D eigenvalue weighted by molar-refractivity contribution is -0.136. The van der Waals surface area contributed by atoms with E-state index in [0.717, 1.165) is 0 Å². The number of thiazole rings is 1. The molecule has 1 aromatic carbocycles. The summed E-state index contributed by atoms with van der Waals surface area (Å²) in [5, 5.41) is 10.8. The molecule has 16 heavy (non-hydrogen) atoms. The SMILES string of the molecule is O=C(O)Cc1nc(-c2cccc(F)c2)cs1. The number of nitrogens with zero attached hydrogens (tertiary/aromatic N) is 1. The summed E-state index contributed by atoms with van der Waals surface area (Å²) in [6, 6.07) is 6.07. The van der Waals surface area contributed by atoms with Crippen LogP contribution in [0.4, 0.5) is 4.39 Å². The number of hydrogen-bond acceptors (Lipinski definition) is 3. The number of carboxylic acids is 1. The smallest absolute Gasteiger partial charge is 0.310 e. The van der Waals surface area contributed by atoms with E-state index in [1.165, 1.54) is 23.5 Å². The topological polar surface area (TPSA) is 50.2 Å². The fourth-order valence-corrected chi connectivity index (χ4v) is 2.10. The number of halogens is 1. The van der Waals surface area contributed by atoms with Crippen molar-refractivity contribution in [3.8, 4) is 11.3 Å². The summed E-state index contributed by atoms with van der Waals surface area (Å²) in [7, 11) is 0. The third-order valence-electron chi connectivity index (χ3n) is 1.97. The average Bonchev–Trinajstić information content (AvgIpc) is 2.65. The highest BCUT2D eigenvalue weighted by Gasteiger charge is 2.08. The van der Waals surface area contributed by atoms with Gasteiger partial charge in [0.25, 0.3) is 0 Å². The second-order valence-corrected chi connectivity index (χ2v) is 4.15. The Morgan fingerprint density at radius 3 is 3.00 bits per heavy atom. The van der Waals surface area contributed by atoms with Crippen molar-refractivity contribution in [2.45, 2.75) is 6.42 Å². The predicted octanol–water partition coefficient (Wildman–Crippen LogP) is 2.58. The Morgan fingerprint density at radius 2 is 2.31 bits per heavy atom. The molecule has 0 aliphatic heterocycles. The summed E-state index contributed by atoms with van der Waals surface area (Å²) >= 11 is 1.26. The van der Waals surface area contributed by atoms with Crippen LogP contribution in [0.2, 0.25) is 0 Å². The van der Waals surface area contributed by atoms with Gasteiger partial charge in [0.2, 0.25) is 0 Å². The maximum atomic E-state index is 13.0. The van der Waals surface area contributed by atoms with Gasteiger partial charge in [-0.1, -0.05) is 12.1 Å².